The molecule has 0 amide bonds. The van der Waals surface area contributed by atoms with E-state index in [9.17, 15) is 9.90 Å². The molecule has 0 aliphatic heterocycles. The third kappa shape index (κ3) is 3.86. The Morgan fingerprint density at radius 1 is 0.926 bits per heavy atom. The van der Waals surface area contributed by atoms with Crippen LogP contribution in [0.2, 0.25) is 0 Å². The Balaban J connectivity index is 1.33. The zero-order valence-electron chi connectivity index (χ0n) is 15.6. The molecule has 5 rings (SSSR count). The summed E-state index contributed by atoms with van der Waals surface area (Å²) < 4.78 is 5.93. The number of carboxylic acids is 1. The Morgan fingerprint density at radius 2 is 1.59 bits per heavy atom. The van der Waals surface area contributed by atoms with Gasteiger partial charge in [-0.1, -0.05) is 42.5 Å². The van der Waals surface area contributed by atoms with E-state index < -0.39 is 11.4 Å². The number of ether oxygens (including phenoxy) is 1. The normalized spacial score (nSPS) is 26.7. The number of carbonyl (C=O) groups is 1. The van der Waals surface area contributed by atoms with E-state index in [-0.39, 0.29) is 5.54 Å². The van der Waals surface area contributed by atoms with E-state index in [0.717, 1.165) is 56.4 Å². The Bertz CT molecular complexity index is 778. The van der Waals surface area contributed by atoms with Gasteiger partial charge in [-0.05, 0) is 61.8 Å². The standard InChI is InChI=1S/C23H27NO3/c25-21(26)22-9-12-23(13-10-22,14-11-22)24-16-19-7-4-8-20(15-19)27-17-18-5-2-1-3-6-18/h1-8,15,24H,9-14,16-17H2,(H,25,26). The minimum atomic E-state index is -0.598. The highest BCUT2D eigenvalue weighted by Gasteiger charge is 2.52. The molecule has 2 aromatic carbocycles. The lowest BCUT2D eigenvalue weighted by Crippen LogP contribution is -2.56. The van der Waals surface area contributed by atoms with Gasteiger partial charge in [0, 0.05) is 12.1 Å². The number of rotatable bonds is 7. The molecule has 0 heterocycles. The molecule has 0 atom stereocenters. The van der Waals surface area contributed by atoms with Crippen molar-refractivity contribution in [3.63, 3.8) is 0 Å². The molecular weight excluding hydrogens is 338 g/mol. The fourth-order valence-corrected chi connectivity index (χ4v) is 4.55. The van der Waals surface area contributed by atoms with Crippen LogP contribution in [0.3, 0.4) is 0 Å². The summed E-state index contributed by atoms with van der Waals surface area (Å²) in [5.41, 5.74) is 2.02. The monoisotopic (exact) mass is 365 g/mol. The molecule has 3 aliphatic carbocycles. The number of hydrogen-bond donors (Lipinski definition) is 2. The summed E-state index contributed by atoms with van der Waals surface area (Å²) in [6.45, 7) is 1.36. The Morgan fingerprint density at radius 3 is 2.26 bits per heavy atom. The summed E-state index contributed by atoms with van der Waals surface area (Å²) >= 11 is 0. The Labute approximate surface area is 160 Å². The summed E-state index contributed by atoms with van der Waals surface area (Å²) in [5, 5.41) is 13.3. The van der Waals surface area contributed by atoms with Crippen molar-refractivity contribution in [1.82, 2.24) is 5.32 Å². The van der Waals surface area contributed by atoms with Crippen molar-refractivity contribution in [2.24, 2.45) is 5.41 Å². The number of benzene rings is 2. The van der Waals surface area contributed by atoms with Crippen LogP contribution in [0.5, 0.6) is 5.75 Å². The summed E-state index contributed by atoms with van der Waals surface area (Å²) in [6.07, 6.45) is 5.29. The van der Waals surface area contributed by atoms with Gasteiger partial charge in [0.2, 0.25) is 0 Å². The van der Waals surface area contributed by atoms with E-state index >= 15 is 0 Å². The van der Waals surface area contributed by atoms with Gasteiger partial charge in [0.15, 0.2) is 0 Å². The first-order valence-corrected chi connectivity index (χ1v) is 9.83. The van der Waals surface area contributed by atoms with Crippen molar-refractivity contribution in [3.8, 4) is 5.75 Å². The smallest absolute Gasteiger partial charge is 0.309 e. The van der Waals surface area contributed by atoms with Crippen LogP contribution in [-0.2, 0) is 17.9 Å². The van der Waals surface area contributed by atoms with Crippen LogP contribution in [0, 0.1) is 5.41 Å². The Kier molecular flexibility index (Phi) is 4.92. The second kappa shape index (κ2) is 7.35. The van der Waals surface area contributed by atoms with Crippen LogP contribution in [0.4, 0.5) is 0 Å². The molecule has 4 nitrogen and oxygen atoms in total. The summed E-state index contributed by atoms with van der Waals surface area (Å²) in [4.78, 5) is 11.6. The van der Waals surface area contributed by atoms with Crippen molar-refractivity contribution in [2.75, 3.05) is 0 Å². The van der Waals surface area contributed by atoms with E-state index in [2.05, 4.69) is 29.6 Å². The molecular formula is C23H27NO3. The average Bonchev–Trinajstić information content (AvgIpc) is 2.73. The maximum absolute atomic E-state index is 11.6. The molecule has 0 saturated heterocycles. The molecule has 3 fully saturated rings. The van der Waals surface area contributed by atoms with Gasteiger partial charge < -0.3 is 15.2 Å². The molecule has 0 spiro atoms. The van der Waals surface area contributed by atoms with Crippen molar-refractivity contribution < 1.29 is 14.6 Å². The Hall–Kier alpha value is -2.33. The molecule has 27 heavy (non-hydrogen) atoms. The van der Waals surface area contributed by atoms with Crippen LogP contribution in [0.1, 0.15) is 49.7 Å². The van der Waals surface area contributed by atoms with E-state index in [1.54, 1.807) is 0 Å². The van der Waals surface area contributed by atoms with E-state index in [1.807, 2.05) is 30.3 Å². The number of carboxylic acid groups (broad SMARTS) is 1. The first-order chi connectivity index (χ1) is 13.1. The molecule has 2 bridgehead atoms. The maximum atomic E-state index is 11.6. The maximum Gasteiger partial charge on any atom is 0.309 e. The molecule has 0 radical (unpaired) electrons. The number of nitrogens with one attached hydrogen (secondary N) is 1. The third-order valence-corrected chi connectivity index (χ3v) is 6.51. The quantitative estimate of drug-likeness (QED) is 0.757. The van der Waals surface area contributed by atoms with E-state index in [0.29, 0.717) is 6.61 Å². The highest BCUT2D eigenvalue weighted by atomic mass is 16.5. The fraction of sp³-hybridized carbons (Fsp3) is 0.435. The molecule has 142 valence electrons. The minimum Gasteiger partial charge on any atom is -0.489 e. The molecule has 0 aromatic heterocycles. The van der Waals surface area contributed by atoms with Gasteiger partial charge in [0.25, 0.3) is 0 Å². The number of aliphatic carboxylic acids is 1. The fourth-order valence-electron chi connectivity index (χ4n) is 4.55. The second-order valence-corrected chi connectivity index (χ2v) is 8.14. The average molecular weight is 365 g/mol. The zero-order valence-corrected chi connectivity index (χ0v) is 15.6. The summed E-state index contributed by atoms with van der Waals surface area (Å²) in [5.74, 6) is 0.284. The number of hydrogen-bond acceptors (Lipinski definition) is 3. The van der Waals surface area contributed by atoms with Gasteiger partial charge in [-0.2, -0.15) is 0 Å². The zero-order chi connectivity index (χ0) is 18.7. The topological polar surface area (TPSA) is 58.6 Å². The third-order valence-electron chi connectivity index (χ3n) is 6.51. The molecule has 3 aliphatic rings. The van der Waals surface area contributed by atoms with Crippen molar-refractivity contribution in [1.29, 1.82) is 0 Å². The predicted molar refractivity (Wildman–Crippen MR) is 105 cm³/mol. The van der Waals surface area contributed by atoms with Gasteiger partial charge in [-0.3, -0.25) is 4.79 Å². The second-order valence-electron chi connectivity index (χ2n) is 8.14. The summed E-state index contributed by atoms with van der Waals surface area (Å²) in [6, 6.07) is 18.4. The lowest BCUT2D eigenvalue weighted by Gasteiger charge is -2.51. The summed E-state index contributed by atoms with van der Waals surface area (Å²) in [7, 11) is 0. The van der Waals surface area contributed by atoms with Gasteiger partial charge in [-0.25, -0.2) is 0 Å². The van der Waals surface area contributed by atoms with E-state index in [1.165, 1.54) is 5.56 Å². The van der Waals surface area contributed by atoms with Crippen LogP contribution in [-0.4, -0.2) is 16.6 Å². The van der Waals surface area contributed by atoms with Gasteiger partial charge in [0.05, 0.1) is 5.41 Å². The van der Waals surface area contributed by atoms with Crippen molar-refractivity contribution in [3.05, 3.63) is 65.7 Å². The van der Waals surface area contributed by atoms with Crippen LogP contribution in [0.15, 0.2) is 54.6 Å². The molecule has 4 heteroatoms. The largest absolute Gasteiger partial charge is 0.489 e. The highest BCUT2D eigenvalue weighted by Crippen LogP contribution is 2.52. The van der Waals surface area contributed by atoms with Crippen LogP contribution in [0.25, 0.3) is 0 Å². The highest BCUT2D eigenvalue weighted by molar-refractivity contribution is 5.75. The molecule has 3 saturated carbocycles. The van der Waals surface area contributed by atoms with Gasteiger partial charge >= 0.3 is 5.97 Å². The molecule has 2 aromatic rings. The lowest BCUT2D eigenvalue weighted by molar-refractivity contribution is -0.156. The first kappa shape index (κ1) is 18.1. The van der Waals surface area contributed by atoms with Gasteiger partial charge in [-0.15, -0.1) is 0 Å². The molecule has 0 unspecified atom stereocenters. The lowest BCUT2D eigenvalue weighted by atomic mass is 9.57. The molecule has 2 N–H and O–H groups in total. The van der Waals surface area contributed by atoms with E-state index in [4.69, 9.17) is 4.74 Å². The SMILES string of the molecule is O=C(O)C12CCC(NCc3cccc(OCc4ccccc4)c3)(CC1)CC2. The number of fused-ring (bicyclic) bond motifs is 3. The van der Waals surface area contributed by atoms with Gasteiger partial charge in [0.1, 0.15) is 12.4 Å². The first-order valence-electron chi connectivity index (χ1n) is 9.83. The van der Waals surface area contributed by atoms with Crippen LogP contribution < -0.4 is 10.1 Å². The predicted octanol–water partition coefficient (Wildman–Crippen LogP) is 4.53. The van der Waals surface area contributed by atoms with Crippen LogP contribution >= 0.6 is 0 Å². The minimum absolute atomic E-state index is 0.109. The van der Waals surface area contributed by atoms with Crippen molar-refractivity contribution in [2.45, 2.75) is 57.2 Å². The van der Waals surface area contributed by atoms with Crippen molar-refractivity contribution >= 4 is 5.97 Å².